The lowest BCUT2D eigenvalue weighted by atomic mass is 9.51. The molecule has 6 heteroatoms. The molecule has 3 aliphatic carbocycles. The van der Waals surface area contributed by atoms with Crippen molar-refractivity contribution in [3.8, 4) is 0 Å². The lowest BCUT2D eigenvalue weighted by Gasteiger charge is -2.53. The van der Waals surface area contributed by atoms with Crippen LogP contribution in [-0.2, 0) is 11.3 Å². The second kappa shape index (κ2) is 5.19. The van der Waals surface area contributed by atoms with Crippen molar-refractivity contribution in [2.24, 2.45) is 23.2 Å². The van der Waals surface area contributed by atoms with Gasteiger partial charge < -0.3 is 9.84 Å². The topological polar surface area (TPSA) is 73.0 Å². The highest BCUT2D eigenvalue weighted by atomic mass is 16.5. The van der Waals surface area contributed by atoms with E-state index in [9.17, 15) is 4.79 Å². The maximum Gasteiger partial charge on any atom is 0.225 e. The zero-order chi connectivity index (χ0) is 17.2. The van der Waals surface area contributed by atoms with Gasteiger partial charge in [-0.3, -0.25) is 9.48 Å². The second-order valence-electron chi connectivity index (χ2n) is 8.43. The number of carbonyl (C=O) groups is 1. The van der Waals surface area contributed by atoms with Crippen molar-refractivity contribution in [1.82, 2.24) is 14.9 Å². The van der Waals surface area contributed by atoms with Crippen molar-refractivity contribution in [2.45, 2.75) is 52.5 Å². The zero-order valence-corrected chi connectivity index (χ0v) is 14.8. The number of anilines is 1. The Bertz CT molecular complexity index is 819. The van der Waals surface area contributed by atoms with Gasteiger partial charge in [0.25, 0.3) is 0 Å². The highest BCUT2D eigenvalue weighted by Gasteiger charge is 2.64. The average Bonchev–Trinajstić information content (AvgIpc) is 3.28. The summed E-state index contributed by atoms with van der Waals surface area (Å²) < 4.78 is 7.01. The van der Waals surface area contributed by atoms with Gasteiger partial charge in [0.2, 0.25) is 5.91 Å². The summed E-state index contributed by atoms with van der Waals surface area (Å²) in [6.07, 6.45) is 9.61. The fourth-order valence-electron chi connectivity index (χ4n) is 5.91. The number of amides is 1. The van der Waals surface area contributed by atoms with Crippen molar-refractivity contribution in [2.75, 3.05) is 5.32 Å². The highest BCUT2D eigenvalue weighted by molar-refractivity contribution is 5.91. The Kier molecular flexibility index (Phi) is 3.15. The summed E-state index contributed by atoms with van der Waals surface area (Å²) in [5, 5.41) is 11.4. The molecule has 2 aromatic rings. The Hall–Kier alpha value is -2.11. The molecule has 3 aliphatic rings. The number of nitrogens with zero attached hydrogens (tertiary/aromatic N) is 3. The third-order valence-electron chi connectivity index (χ3n) is 6.87. The third kappa shape index (κ3) is 2.34. The summed E-state index contributed by atoms with van der Waals surface area (Å²) in [6.45, 7) is 4.44. The van der Waals surface area contributed by atoms with Gasteiger partial charge in [0, 0.05) is 18.2 Å². The Morgan fingerprint density at radius 1 is 1.40 bits per heavy atom. The molecule has 1 N–H and O–H groups in total. The predicted octanol–water partition coefficient (Wildman–Crippen LogP) is 3.30. The van der Waals surface area contributed by atoms with Gasteiger partial charge in [-0.2, -0.15) is 5.10 Å². The molecule has 1 amide bonds. The molecule has 0 saturated heterocycles. The third-order valence-corrected chi connectivity index (χ3v) is 6.87. The van der Waals surface area contributed by atoms with Crippen molar-refractivity contribution < 1.29 is 9.32 Å². The molecule has 2 heterocycles. The average molecular weight is 340 g/mol. The highest BCUT2D eigenvalue weighted by Crippen LogP contribution is 2.72. The molecule has 25 heavy (non-hydrogen) atoms. The first-order valence-corrected chi connectivity index (χ1v) is 9.26. The lowest BCUT2D eigenvalue weighted by molar-refractivity contribution is -0.125. The van der Waals surface area contributed by atoms with E-state index >= 15 is 0 Å². The number of hydrogen-bond acceptors (Lipinski definition) is 4. The van der Waals surface area contributed by atoms with Crippen LogP contribution in [0.25, 0.3) is 0 Å². The van der Waals surface area contributed by atoms with E-state index < -0.39 is 0 Å². The van der Waals surface area contributed by atoms with Crippen molar-refractivity contribution in [1.29, 1.82) is 0 Å². The lowest BCUT2D eigenvalue weighted by Crippen LogP contribution is -2.47. The van der Waals surface area contributed by atoms with Crippen molar-refractivity contribution >= 4 is 11.6 Å². The van der Waals surface area contributed by atoms with Crippen LogP contribution in [0.3, 0.4) is 0 Å². The normalized spacial score (nSPS) is 32.0. The summed E-state index contributed by atoms with van der Waals surface area (Å²) in [6, 6.07) is 0. The Morgan fingerprint density at radius 3 is 2.96 bits per heavy atom. The molecule has 0 spiro atoms. The summed E-state index contributed by atoms with van der Waals surface area (Å²) in [5.74, 6) is 3.60. The van der Waals surface area contributed by atoms with Crippen LogP contribution in [0.4, 0.5) is 5.69 Å². The first-order chi connectivity index (χ1) is 12.0. The van der Waals surface area contributed by atoms with Gasteiger partial charge in [0.1, 0.15) is 5.76 Å². The number of nitrogens with one attached hydrogen (secondary N) is 1. The number of fused-ring (bicyclic) bond motifs is 1. The van der Waals surface area contributed by atoms with Gasteiger partial charge in [0.15, 0.2) is 0 Å². The summed E-state index contributed by atoms with van der Waals surface area (Å²) in [4.78, 5) is 12.5. The summed E-state index contributed by atoms with van der Waals surface area (Å²) in [7, 11) is 0. The van der Waals surface area contributed by atoms with E-state index in [1.54, 1.807) is 6.20 Å². The van der Waals surface area contributed by atoms with Crippen LogP contribution in [-0.4, -0.2) is 20.8 Å². The van der Waals surface area contributed by atoms with Crippen LogP contribution in [0.5, 0.6) is 0 Å². The quantitative estimate of drug-likeness (QED) is 0.906. The van der Waals surface area contributed by atoms with Gasteiger partial charge in [-0.05, 0) is 62.7 Å². The predicted molar refractivity (Wildman–Crippen MR) is 91.9 cm³/mol. The summed E-state index contributed by atoms with van der Waals surface area (Å²) >= 11 is 0. The molecule has 5 rings (SSSR count). The van der Waals surface area contributed by atoms with Crippen molar-refractivity contribution in [3.63, 3.8) is 0 Å². The van der Waals surface area contributed by atoms with E-state index in [0.717, 1.165) is 40.5 Å². The fourth-order valence-corrected chi connectivity index (χ4v) is 5.91. The molecule has 4 atom stereocenters. The van der Waals surface area contributed by atoms with Gasteiger partial charge in [-0.15, -0.1) is 0 Å². The summed E-state index contributed by atoms with van der Waals surface area (Å²) in [5.41, 5.74) is 3.02. The Labute approximate surface area is 146 Å². The number of rotatable bonds is 5. The SMILES string of the molecule is Cc1noc(C)c1Cn1cc(NC(=O)CC23CC4CC(C2)C3C4)cn1. The monoisotopic (exact) mass is 340 g/mol. The first kappa shape index (κ1) is 15.2. The van der Waals surface area contributed by atoms with E-state index in [2.05, 4.69) is 15.6 Å². The number of aromatic nitrogens is 3. The minimum atomic E-state index is 0.142. The zero-order valence-electron chi connectivity index (χ0n) is 14.8. The fraction of sp³-hybridized carbons (Fsp3) is 0.632. The maximum atomic E-state index is 12.5. The molecule has 0 aliphatic heterocycles. The van der Waals surface area contributed by atoms with E-state index in [-0.39, 0.29) is 5.91 Å². The number of carbonyl (C=O) groups excluding carboxylic acids is 1. The smallest absolute Gasteiger partial charge is 0.225 e. The van der Waals surface area contributed by atoms with Crippen LogP contribution in [0.15, 0.2) is 16.9 Å². The molecule has 0 aromatic carbocycles. The minimum absolute atomic E-state index is 0.142. The van der Waals surface area contributed by atoms with Crippen molar-refractivity contribution in [3.05, 3.63) is 29.4 Å². The number of aryl methyl sites for hydroxylation is 2. The van der Waals surface area contributed by atoms with Crippen LogP contribution in [0, 0.1) is 37.0 Å². The van der Waals surface area contributed by atoms with Gasteiger partial charge in [-0.25, -0.2) is 0 Å². The van der Waals surface area contributed by atoms with Crippen LogP contribution < -0.4 is 5.32 Å². The second-order valence-corrected chi connectivity index (χ2v) is 8.43. The van der Waals surface area contributed by atoms with Crippen LogP contribution in [0.2, 0.25) is 0 Å². The van der Waals surface area contributed by atoms with Gasteiger partial charge in [-0.1, -0.05) is 5.16 Å². The Balaban J connectivity index is 1.22. The standard InChI is InChI=1S/C19H24N4O2/c1-11-16(12(2)25-22-11)10-23-9-15(8-20-23)21-18(24)7-19-5-13-3-14(6-19)17(19)4-13/h8-9,13-14,17H,3-7,10H2,1-2H3,(H,21,24). The molecule has 3 saturated carbocycles. The molecule has 4 unspecified atom stereocenters. The number of hydrogen-bond donors (Lipinski definition) is 1. The van der Waals surface area contributed by atoms with E-state index in [0.29, 0.717) is 18.4 Å². The largest absolute Gasteiger partial charge is 0.361 e. The van der Waals surface area contributed by atoms with Gasteiger partial charge >= 0.3 is 0 Å². The molecule has 2 bridgehead atoms. The first-order valence-electron chi connectivity index (χ1n) is 9.26. The maximum absolute atomic E-state index is 12.5. The molecule has 0 radical (unpaired) electrons. The van der Waals surface area contributed by atoms with E-state index in [1.807, 2.05) is 24.7 Å². The van der Waals surface area contributed by atoms with E-state index in [1.165, 1.54) is 25.7 Å². The molecular weight excluding hydrogens is 316 g/mol. The molecule has 132 valence electrons. The molecule has 3 fully saturated rings. The minimum Gasteiger partial charge on any atom is -0.361 e. The molecule has 6 nitrogen and oxygen atoms in total. The van der Waals surface area contributed by atoms with Crippen LogP contribution >= 0.6 is 0 Å². The molecule has 2 aromatic heterocycles. The van der Waals surface area contributed by atoms with E-state index in [4.69, 9.17) is 4.52 Å². The Morgan fingerprint density at radius 2 is 2.28 bits per heavy atom. The van der Waals surface area contributed by atoms with Gasteiger partial charge in [0.05, 0.1) is 24.1 Å². The molecular formula is C19H24N4O2. The van der Waals surface area contributed by atoms with Crippen LogP contribution in [0.1, 0.15) is 49.1 Å².